The van der Waals surface area contributed by atoms with E-state index in [1.54, 1.807) is 0 Å². The molecule has 1 fully saturated rings. The van der Waals surface area contributed by atoms with Crippen molar-refractivity contribution in [2.45, 2.75) is 24.3 Å². The predicted molar refractivity (Wildman–Crippen MR) is 73.8 cm³/mol. The van der Waals surface area contributed by atoms with E-state index in [0.717, 1.165) is 10.4 Å². The summed E-state index contributed by atoms with van der Waals surface area (Å²) in [6, 6.07) is 5.18. The van der Waals surface area contributed by atoms with Gasteiger partial charge < -0.3 is 10.5 Å². The van der Waals surface area contributed by atoms with Gasteiger partial charge in [-0.1, -0.05) is 12.1 Å². The molecule has 1 aliphatic heterocycles. The van der Waals surface area contributed by atoms with E-state index in [9.17, 15) is 22.0 Å². The van der Waals surface area contributed by atoms with E-state index >= 15 is 0 Å². The van der Waals surface area contributed by atoms with Crippen LogP contribution in [0.15, 0.2) is 29.2 Å². The van der Waals surface area contributed by atoms with Crippen LogP contribution in [0.4, 0.5) is 8.78 Å². The van der Waals surface area contributed by atoms with Gasteiger partial charge in [0.1, 0.15) is 10.6 Å². The molecular weight excluding hydrogens is 318 g/mol. The van der Waals surface area contributed by atoms with Gasteiger partial charge in [-0.2, -0.15) is 13.1 Å². The molecule has 1 atom stereocenters. The van der Waals surface area contributed by atoms with Crippen LogP contribution in [-0.4, -0.2) is 38.3 Å². The van der Waals surface area contributed by atoms with E-state index < -0.39 is 34.2 Å². The van der Waals surface area contributed by atoms with Crippen LogP contribution in [0.1, 0.15) is 12.8 Å². The van der Waals surface area contributed by atoms with Crippen LogP contribution in [0.5, 0.6) is 5.75 Å². The Morgan fingerprint density at radius 2 is 2.05 bits per heavy atom. The fourth-order valence-electron chi connectivity index (χ4n) is 2.39. The van der Waals surface area contributed by atoms with Gasteiger partial charge in [0.25, 0.3) is 0 Å². The number of hydrogen-bond acceptors (Lipinski definition) is 4. The first kappa shape index (κ1) is 16.6. The molecule has 1 aliphatic rings. The van der Waals surface area contributed by atoms with Crippen molar-refractivity contribution in [3.63, 3.8) is 0 Å². The molecule has 0 saturated carbocycles. The van der Waals surface area contributed by atoms with E-state index in [0.29, 0.717) is 12.8 Å². The lowest BCUT2D eigenvalue weighted by Gasteiger charge is -2.30. The van der Waals surface area contributed by atoms with E-state index in [4.69, 9.17) is 5.73 Å². The molecule has 0 bridgehead atoms. The maximum atomic E-state index is 12.6. The topological polar surface area (TPSA) is 89.7 Å². The smallest absolute Gasteiger partial charge is 0.387 e. The summed E-state index contributed by atoms with van der Waals surface area (Å²) in [6.07, 6.45) is 0.987. The van der Waals surface area contributed by atoms with Crippen molar-refractivity contribution in [1.82, 2.24) is 4.31 Å². The number of rotatable bonds is 5. The Labute approximate surface area is 126 Å². The van der Waals surface area contributed by atoms with Crippen LogP contribution >= 0.6 is 0 Å². The number of piperidine rings is 1. The number of primary amides is 1. The fraction of sp³-hybridized carbons (Fsp3) is 0.462. The van der Waals surface area contributed by atoms with Gasteiger partial charge in [-0.15, -0.1) is 0 Å². The molecule has 0 radical (unpaired) electrons. The summed E-state index contributed by atoms with van der Waals surface area (Å²) in [5.74, 6) is -1.57. The molecule has 2 N–H and O–H groups in total. The summed E-state index contributed by atoms with van der Waals surface area (Å²) in [5.41, 5.74) is 5.22. The lowest BCUT2D eigenvalue weighted by molar-refractivity contribution is -0.122. The number of hydrogen-bond donors (Lipinski definition) is 1. The molecular formula is C13H16F2N2O4S. The Bertz CT molecular complexity index is 651. The Morgan fingerprint density at radius 1 is 1.36 bits per heavy atom. The molecule has 0 unspecified atom stereocenters. The average molecular weight is 334 g/mol. The summed E-state index contributed by atoms with van der Waals surface area (Å²) in [4.78, 5) is 10.9. The third-order valence-electron chi connectivity index (χ3n) is 3.47. The number of alkyl halides is 2. The van der Waals surface area contributed by atoms with Gasteiger partial charge >= 0.3 is 6.61 Å². The minimum absolute atomic E-state index is 0.0549. The SMILES string of the molecule is NC(=O)[C@@H]1CCCN(S(=O)(=O)c2ccccc2OC(F)F)C1. The number of carbonyl (C=O) groups is 1. The van der Waals surface area contributed by atoms with Crippen molar-refractivity contribution in [2.24, 2.45) is 11.7 Å². The van der Waals surface area contributed by atoms with E-state index in [1.807, 2.05) is 0 Å². The summed E-state index contributed by atoms with van der Waals surface area (Å²) in [7, 11) is -4.04. The molecule has 2 rings (SSSR count). The van der Waals surface area contributed by atoms with Crippen molar-refractivity contribution in [1.29, 1.82) is 0 Å². The second-order valence-corrected chi connectivity index (χ2v) is 6.84. The Morgan fingerprint density at radius 3 is 2.68 bits per heavy atom. The lowest BCUT2D eigenvalue weighted by atomic mass is 9.99. The molecule has 0 spiro atoms. The Kier molecular flexibility index (Phi) is 4.97. The largest absolute Gasteiger partial charge is 0.433 e. The van der Waals surface area contributed by atoms with Crippen molar-refractivity contribution in [3.8, 4) is 5.75 Å². The summed E-state index contributed by atoms with van der Waals surface area (Å²) < 4.78 is 55.4. The molecule has 1 amide bonds. The minimum atomic E-state index is -4.04. The number of sulfonamides is 1. The molecule has 1 saturated heterocycles. The molecule has 22 heavy (non-hydrogen) atoms. The number of nitrogens with two attached hydrogens (primary N) is 1. The van der Waals surface area contributed by atoms with E-state index in [-0.39, 0.29) is 18.0 Å². The Hall–Kier alpha value is -1.74. The second kappa shape index (κ2) is 6.57. The molecule has 0 aromatic heterocycles. The van der Waals surface area contributed by atoms with Gasteiger partial charge in [-0.05, 0) is 25.0 Å². The van der Waals surface area contributed by atoms with Gasteiger partial charge in [0.05, 0.1) is 5.92 Å². The first-order chi connectivity index (χ1) is 10.3. The third-order valence-corrected chi connectivity index (χ3v) is 5.37. The zero-order valence-electron chi connectivity index (χ0n) is 11.6. The summed E-state index contributed by atoms with van der Waals surface area (Å²) in [6.45, 7) is -2.98. The normalized spacial score (nSPS) is 20.0. The molecule has 122 valence electrons. The highest BCUT2D eigenvalue weighted by Crippen LogP contribution is 2.30. The van der Waals surface area contributed by atoms with Crippen LogP contribution < -0.4 is 10.5 Å². The second-order valence-electron chi connectivity index (χ2n) is 4.93. The van der Waals surface area contributed by atoms with Crippen molar-refractivity contribution in [2.75, 3.05) is 13.1 Å². The van der Waals surface area contributed by atoms with Crippen LogP contribution in [-0.2, 0) is 14.8 Å². The number of carbonyl (C=O) groups excluding carboxylic acids is 1. The third kappa shape index (κ3) is 3.53. The predicted octanol–water partition coefficient (Wildman–Crippen LogP) is 1.17. The standard InChI is InChI=1S/C13H16F2N2O4S/c14-13(15)21-10-5-1-2-6-11(10)22(19,20)17-7-3-4-9(8-17)12(16)18/h1-2,5-6,9,13H,3-4,7-8H2,(H2,16,18)/t9-/m1/s1. The molecule has 0 aliphatic carbocycles. The van der Waals surface area contributed by atoms with Gasteiger partial charge in [0.2, 0.25) is 15.9 Å². The molecule has 1 heterocycles. The van der Waals surface area contributed by atoms with Gasteiger partial charge in [-0.25, -0.2) is 8.42 Å². The van der Waals surface area contributed by atoms with Crippen LogP contribution in [0.2, 0.25) is 0 Å². The van der Waals surface area contributed by atoms with Crippen molar-refractivity contribution in [3.05, 3.63) is 24.3 Å². The number of ether oxygens (including phenoxy) is 1. The minimum Gasteiger partial charge on any atom is -0.433 e. The lowest BCUT2D eigenvalue weighted by Crippen LogP contribution is -2.44. The first-order valence-electron chi connectivity index (χ1n) is 6.65. The quantitative estimate of drug-likeness (QED) is 0.875. The van der Waals surface area contributed by atoms with Gasteiger partial charge in [0.15, 0.2) is 0 Å². The van der Waals surface area contributed by atoms with E-state index in [1.165, 1.54) is 18.2 Å². The van der Waals surface area contributed by atoms with Crippen LogP contribution in [0, 0.1) is 5.92 Å². The zero-order chi connectivity index (χ0) is 16.3. The number of halogens is 2. The zero-order valence-corrected chi connectivity index (χ0v) is 12.4. The first-order valence-corrected chi connectivity index (χ1v) is 8.09. The number of amides is 1. The highest BCUT2D eigenvalue weighted by molar-refractivity contribution is 7.89. The highest BCUT2D eigenvalue weighted by atomic mass is 32.2. The maximum Gasteiger partial charge on any atom is 0.387 e. The Balaban J connectivity index is 2.32. The molecule has 1 aromatic rings. The highest BCUT2D eigenvalue weighted by Gasteiger charge is 2.34. The molecule has 9 heteroatoms. The average Bonchev–Trinajstić information content (AvgIpc) is 2.47. The van der Waals surface area contributed by atoms with Gasteiger partial charge in [0, 0.05) is 13.1 Å². The number of para-hydroxylation sites is 1. The monoisotopic (exact) mass is 334 g/mol. The van der Waals surface area contributed by atoms with Crippen LogP contribution in [0.3, 0.4) is 0 Å². The summed E-state index contributed by atoms with van der Waals surface area (Å²) in [5, 5.41) is 0. The number of nitrogens with zero attached hydrogens (tertiary/aromatic N) is 1. The van der Waals surface area contributed by atoms with Crippen molar-refractivity contribution < 1.29 is 26.7 Å². The van der Waals surface area contributed by atoms with Gasteiger partial charge in [-0.3, -0.25) is 4.79 Å². The molecule has 6 nitrogen and oxygen atoms in total. The van der Waals surface area contributed by atoms with Crippen molar-refractivity contribution >= 4 is 15.9 Å². The fourth-order valence-corrected chi connectivity index (χ4v) is 4.03. The maximum absolute atomic E-state index is 12.6. The van der Waals surface area contributed by atoms with Crippen LogP contribution in [0.25, 0.3) is 0 Å². The van der Waals surface area contributed by atoms with E-state index in [2.05, 4.69) is 4.74 Å². The molecule has 1 aromatic carbocycles. The number of benzene rings is 1. The summed E-state index contributed by atoms with van der Waals surface area (Å²) >= 11 is 0.